The minimum Gasteiger partial charge on any atom is -0.481 e. The van der Waals surface area contributed by atoms with Gasteiger partial charge in [-0.15, -0.1) is 0 Å². The summed E-state index contributed by atoms with van der Waals surface area (Å²) in [6.07, 6.45) is 0.107. The Morgan fingerprint density at radius 1 is 1.25 bits per heavy atom. The standard InChI is InChI=1S/C12H11Br3N2O3/c13-7-2-8(14)11(9(15)3-7)16-12(20)17-4-6(5-17)1-10(18)19/h2-3,6H,1,4-5H2,(H,16,20)(H,18,19). The predicted molar refractivity (Wildman–Crippen MR) is 85.9 cm³/mol. The highest BCUT2D eigenvalue weighted by atomic mass is 79.9. The lowest BCUT2D eigenvalue weighted by Gasteiger charge is -2.38. The molecule has 1 heterocycles. The zero-order valence-electron chi connectivity index (χ0n) is 10.2. The smallest absolute Gasteiger partial charge is 0.321 e. The fourth-order valence-electron chi connectivity index (χ4n) is 1.96. The Kier molecular flexibility index (Phi) is 5.09. The quantitative estimate of drug-likeness (QED) is 0.703. The van der Waals surface area contributed by atoms with Gasteiger partial charge in [-0.1, -0.05) is 15.9 Å². The highest BCUT2D eigenvalue weighted by Crippen LogP contribution is 2.35. The molecule has 0 unspecified atom stereocenters. The second kappa shape index (κ2) is 6.44. The fraction of sp³-hybridized carbons (Fsp3) is 0.333. The van der Waals surface area contributed by atoms with Gasteiger partial charge in [-0.05, 0) is 44.0 Å². The molecule has 2 rings (SSSR count). The lowest BCUT2D eigenvalue weighted by atomic mass is 9.97. The van der Waals surface area contributed by atoms with Gasteiger partial charge in [0.1, 0.15) is 0 Å². The van der Waals surface area contributed by atoms with Crippen molar-refractivity contribution < 1.29 is 14.7 Å². The van der Waals surface area contributed by atoms with E-state index in [1.807, 2.05) is 12.1 Å². The van der Waals surface area contributed by atoms with Gasteiger partial charge in [0.05, 0.1) is 12.1 Å². The summed E-state index contributed by atoms with van der Waals surface area (Å²) in [5.74, 6) is -0.775. The van der Waals surface area contributed by atoms with Crippen LogP contribution in [0.1, 0.15) is 6.42 Å². The van der Waals surface area contributed by atoms with Crippen LogP contribution in [-0.4, -0.2) is 35.1 Å². The first-order valence-corrected chi connectivity index (χ1v) is 8.17. The summed E-state index contributed by atoms with van der Waals surface area (Å²) in [6, 6.07) is 3.45. The third-order valence-electron chi connectivity index (χ3n) is 2.95. The molecule has 2 amide bonds. The topological polar surface area (TPSA) is 69.6 Å². The molecule has 0 aromatic heterocycles. The molecule has 1 aromatic rings. The van der Waals surface area contributed by atoms with Crippen molar-refractivity contribution in [1.82, 2.24) is 4.90 Å². The normalized spacial score (nSPS) is 14.8. The summed E-state index contributed by atoms with van der Waals surface area (Å²) in [7, 11) is 0. The molecule has 0 spiro atoms. The van der Waals surface area contributed by atoms with Gasteiger partial charge in [0.25, 0.3) is 0 Å². The SMILES string of the molecule is O=C(O)CC1CN(C(=O)Nc2c(Br)cc(Br)cc2Br)C1. The van der Waals surface area contributed by atoms with Crippen LogP contribution >= 0.6 is 47.8 Å². The van der Waals surface area contributed by atoms with Crippen LogP contribution in [0.4, 0.5) is 10.5 Å². The molecule has 1 saturated heterocycles. The van der Waals surface area contributed by atoms with E-state index in [4.69, 9.17) is 5.11 Å². The highest BCUT2D eigenvalue weighted by Gasteiger charge is 2.32. The van der Waals surface area contributed by atoms with Crippen molar-refractivity contribution in [3.63, 3.8) is 0 Å². The van der Waals surface area contributed by atoms with E-state index < -0.39 is 5.97 Å². The van der Waals surface area contributed by atoms with Crippen LogP contribution in [0, 0.1) is 5.92 Å². The van der Waals surface area contributed by atoms with Gasteiger partial charge in [0, 0.05) is 32.4 Å². The van der Waals surface area contributed by atoms with E-state index in [0.717, 1.165) is 13.4 Å². The first-order chi connectivity index (χ1) is 9.36. The van der Waals surface area contributed by atoms with Crippen molar-refractivity contribution in [2.24, 2.45) is 5.92 Å². The summed E-state index contributed by atoms with van der Waals surface area (Å²) in [4.78, 5) is 24.2. The Labute approximate surface area is 141 Å². The molecule has 108 valence electrons. The number of benzene rings is 1. The number of urea groups is 1. The average molecular weight is 471 g/mol. The molecule has 1 aromatic carbocycles. The number of anilines is 1. The van der Waals surface area contributed by atoms with Gasteiger partial charge < -0.3 is 15.3 Å². The van der Waals surface area contributed by atoms with Gasteiger partial charge in [0.2, 0.25) is 0 Å². The predicted octanol–water partition coefficient (Wildman–Crippen LogP) is 3.91. The van der Waals surface area contributed by atoms with E-state index in [2.05, 4.69) is 53.1 Å². The highest BCUT2D eigenvalue weighted by molar-refractivity contribution is 9.11. The van der Waals surface area contributed by atoms with Crippen LogP contribution in [0.15, 0.2) is 25.6 Å². The molecule has 5 nitrogen and oxygen atoms in total. The summed E-state index contributed by atoms with van der Waals surface area (Å²) < 4.78 is 2.41. The molecular formula is C12H11Br3N2O3. The Bertz CT molecular complexity index is 536. The molecule has 2 N–H and O–H groups in total. The maximum atomic E-state index is 12.0. The average Bonchev–Trinajstić information content (AvgIpc) is 2.27. The molecule has 0 bridgehead atoms. The second-order valence-corrected chi connectivity index (χ2v) is 7.17. The van der Waals surface area contributed by atoms with Crippen LogP contribution in [0.2, 0.25) is 0 Å². The lowest BCUT2D eigenvalue weighted by molar-refractivity contribution is -0.139. The maximum absolute atomic E-state index is 12.0. The third kappa shape index (κ3) is 3.73. The van der Waals surface area contributed by atoms with Gasteiger partial charge in [-0.3, -0.25) is 4.79 Å². The van der Waals surface area contributed by atoms with Crippen LogP contribution in [0.25, 0.3) is 0 Å². The van der Waals surface area contributed by atoms with Gasteiger partial charge >= 0.3 is 12.0 Å². The summed E-state index contributed by atoms with van der Waals surface area (Å²) in [6.45, 7) is 0.952. The van der Waals surface area contributed by atoms with Crippen molar-refractivity contribution in [3.8, 4) is 0 Å². The van der Waals surface area contributed by atoms with E-state index in [9.17, 15) is 9.59 Å². The van der Waals surface area contributed by atoms with Gasteiger partial charge in [0.15, 0.2) is 0 Å². The summed E-state index contributed by atoms with van der Waals surface area (Å²) in [5, 5.41) is 11.5. The molecule has 0 aliphatic carbocycles. The zero-order valence-corrected chi connectivity index (χ0v) is 15.0. The number of likely N-dealkylation sites (tertiary alicyclic amines) is 1. The molecule has 1 fully saturated rings. The van der Waals surface area contributed by atoms with Crippen molar-refractivity contribution in [2.75, 3.05) is 18.4 Å². The second-order valence-electron chi connectivity index (χ2n) is 4.54. The minimum absolute atomic E-state index is 0.0510. The van der Waals surface area contributed by atoms with Crippen molar-refractivity contribution >= 4 is 65.5 Å². The van der Waals surface area contributed by atoms with E-state index in [1.165, 1.54) is 0 Å². The van der Waals surface area contributed by atoms with Crippen molar-refractivity contribution in [1.29, 1.82) is 0 Å². The van der Waals surface area contributed by atoms with Crippen molar-refractivity contribution in [3.05, 3.63) is 25.6 Å². The molecule has 0 saturated carbocycles. The number of nitrogens with zero attached hydrogens (tertiary/aromatic N) is 1. The number of carboxylic acids is 1. The van der Waals surface area contributed by atoms with E-state index in [0.29, 0.717) is 18.8 Å². The minimum atomic E-state index is -0.826. The first kappa shape index (κ1) is 15.8. The van der Waals surface area contributed by atoms with Crippen LogP contribution in [0.3, 0.4) is 0 Å². The summed E-state index contributed by atoms with van der Waals surface area (Å²) >= 11 is 10.1. The number of hydrogen-bond donors (Lipinski definition) is 2. The van der Waals surface area contributed by atoms with E-state index >= 15 is 0 Å². The largest absolute Gasteiger partial charge is 0.481 e. The maximum Gasteiger partial charge on any atom is 0.321 e. The van der Waals surface area contributed by atoms with Crippen molar-refractivity contribution in [2.45, 2.75) is 6.42 Å². The monoisotopic (exact) mass is 468 g/mol. The molecule has 1 aliphatic heterocycles. The molecule has 0 atom stereocenters. The summed E-state index contributed by atoms with van der Waals surface area (Å²) in [5.41, 5.74) is 0.653. The number of rotatable bonds is 3. The fourth-order valence-corrected chi connectivity index (χ4v) is 4.42. The van der Waals surface area contributed by atoms with Crippen LogP contribution in [0.5, 0.6) is 0 Å². The third-order valence-corrected chi connectivity index (χ3v) is 4.66. The molecule has 1 aliphatic rings. The first-order valence-electron chi connectivity index (χ1n) is 5.79. The number of aliphatic carboxylic acids is 1. The molecular weight excluding hydrogens is 460 g/mol. The Hall–Kier alpha value is -0.600. The van der Waals surface area contributed by atoms with Crippen LogP contribution < -0.4 is 5.32 Å². The zero-order chi connectivity index (χ0) is 14.9. The number of amides is 2. The van der Waals surface area contributed by atoms with Crippen LogP contribution in [-0.2, 0) is 4.79 Å². The van der Waals surface area contributed by atoms with Gasteiger partial charge in [-0.25, -0.2) is 4.79 Å². The molecule has 20 heavy (non-hydrogen) atoms. The molecule has 8 heteroatoms. The van der Waals surface area contributed by atoms with E-state index in [1.54, 1.807) is 4.90 Å². The molecule has 0 radical (unpaired) electrons. The number of nitrogens with one attached hydrogen (secondary N) is 1. The Balaban J connectivity index is 1.95. The number of carbonyl (C=O) groups excluding carboxylic acids is 1. The Morgan fingerprint density at radius 2 is 1.80 bits per heavy atom. The Morgan fingerprint density at radius 3 is 2.30 bits per heavy atom. The number of carboxylic acid groups (broad SMARTS) is 1. The number of halogens is 3. The number of hydrogen-bond acceptors (Lipinski definition) is 2. The van der Waals surface area contributed by atoms with Gasteiger partial charge in [-0.2, -0.15) is 0 Å². The number of carbonyl (C=O) groups is 2. The van der Waals surface area contributed by atoms with E-state index in [-0.39, 0.29) is 18.4 Å². The lowest BCUT2D eigenvalue weighted by Crippen LogP contribution is -2.52.